The first kappa shape index (κ1) is 22.8. The zero-order chi connectivity index (χ0) is 22.8. The van der Waals surface area contributed by atoms with E-state index in [1.54, 1.807) is 28.5 Å². The first-order chi connectivity index (χ1) is 15.5. The van der Waals surface area contributed by atoms with Gasteiger partial charge in [0.25, 0.3) is 5.56 Å². The van der Waals surface area contributed by atoms with E-state index in [-0.39, 0.29) is 42.4 Å². The molecule has 2 fully saturated rings. The monoisotopic (exact) mass is 441 g/mol. The van der Waals surface area contributed by atoms with Crippen molar-refractivity contribution in [1.82, 2.24) is 14.8 Å². The van der Waals surface area contributed by atoms with Crippen LogP contribution in [-0.4, -0.2) is 45.6 Å². The van der Waals surface area contributed by atoms with Crippen LogP contribution in [0.1, 0.15) is 69.7 Å². The molecule has 3 aliphatic rings. The average Bonchev–Trinajstić information content (AvgIpc) is 3.34. The molecule has 7 nitrogen and oxygen atoms in total. The number of aromatic nitrogens is 1. The van der Waals surface area contributed by atoms with Crippen molar-refractivity contribution in [3.05, 3.63) is 39.8 Å². The molecule has 2 amide bonds. The van der Waals surface area contributed by atoms with E-state index in [1.807, 2.05) is 19.1 Å². The number of fused-ring (bicyclic) bond motifs is 3. The van der Waals surface area contributed by atoms with E-state index in [0.717, 1.165) is 18.5 Å². The molecule has 2 N–H and O–H groups in total. The summed E-state index contributed by atoms with van der Waals surface area (Å²) in [7, 11) is 0. The lowest BCUT2D eigenvalue weighted by molar-refractivity contribution is -0.141. The molecule has 0 unspecified atom stereocenters. The maximum absolute atomic E-state index is 13.3. The molecule has 1 saturated carbocycles. The number of aliphatic hydroxyl groups excluding tert-OH is 1. The third-order valence-corrected chi connectivity index (χ3v) is 7.60. The lowest BCUT2D eigenvalue weighted by atomic mass is 9.87. The number of aliphatic hydroxyl groups is 1. The Labute approximate surface area is 189 Å². The summed E-state index contributed by atoms with van der Waals surface area (Å²) >= 11 is 0. The van der Waals surface area contributed by atoms with Gasteiger partial charge in [0.2, 0.25) is 11.8 Å². The number of allylic oxidation sites excluding steroid dienone is 1. The topological polar surface area (TPSA) is 91.6 Å². The summed E-state index contributed by atoms with van der Waals surface area (Å²) in [6.45, 7) is 4.50. The van der Waals surface area contributed by atoms with Crippen LogP contribution in [0.3, 0.4) is 0 Å². The van der Waals surface area contributed by atoms with Gasteiger partial charge in [0.1, 0.15) is 6.04 Å². The molecule has 1 aromatic heterocycles. The van der Waals surface area contributed by atoms with Crippen LogP contribution in [0.4, 0.5) is 0 Å². The zero-order valence-corrected chi connectivity index (χ0v) is 19.1. The second kappa shape index (κ2) is 9.61. The Bertz CT molecular complexity index is 947. The molecule has 7 heteroatoms. The number of amides is 2. The number of carbonyl (C=O) groups excluding carboxylic acids is 2. The number of pyridine rings is 1. The van der Waals surface area contributed by atoms with E-state index in [1.165, 1.54) is 19.3 Å². The van der Waals surface area contributed by atoms with Crippen molar-refractivity contribution in [3.8, 4) is 0 Å². The predicted molar refractivity (Wildman–Crippen MR) is 123 cm³/mol. The SMILES string of the molecule is C/C=C\c1ccc2n(c1=O)C[C@@H]1[C@@H](CO)[C@H](C(=O)NCC3CCCCC3)N(C(=O)CC)[C@H]21. The third-order valence-electron chi connectivity index (χ3n) is 7.60. The minimum absolute atomic E-state index is 0.0890. The lowest BCUT2D eigenvalue weighted by Gasteiger charge is -2.31. The highest BCUT2D eigenvalue weighted by molar-refractivity contribution is 5.89. The fourth-order valence-corrected chi connectivity index (χ4v) is 6.01. The fraction of sp³-hybridized carbons (Fsp3) is 0.640. The standard InChI is InChI=1S/C25H35N3O4/c1-3-8-17-11-12-20-22-18(14-27(20)25(17)32)19(15-29)23(28(22)21(30)4-2)24(31)26-13-16-9-6-5-7-10-16/h3,8,11-12,16,18-19,22-23,29H,4-7,9-10,13-15H2,1-2H3,(H,26,31)/b8-3-/t18-,19-,22+,23-/m1/s1. The van der Waals surface area contributed by atoms with Gasteiger partial charge in [-0.1, -0.05) is 38.3 Å². The van der Waals surface area contributed by atoms with Crippen molar-refractivity contribution in [2.24, 2.45) is 17.8 Å². The minimum Gasteiger partial charge on any atom is -0.396 e. The molecule has 4 rings (SSSR count). The highest BCUT2D eigenvalue weighted by atomic mass is 16.3. The summed E-state index contributed by atoms with van der Waals surface area (Å²) in [6, 6.07) is 2.62. The van der Waals surface area contributed by atoms with Gasteiger partial charge in [-0.15, -0.1) is 0 Å². The summed E-state index contributed by atoms with van der Waals surface area (Å²) in [5.41, 5.74) is 1.27. The Morgan fingerprint density at radius 1 is 1.22 bits per heavy atom. The molecule has 0 radical (unpaired) electrons. The van der Waals surface area contributed by atoms with Crippen LogP contribution in [0.2, 0.25) is 0 Å². The summed E-state index contributed by atoms with van der Waals surface area (Å²) in [6.07, 6.45) is 9.80. The normalized spacial score (nSPS) is 27.5. The van der Waals surface area contributed by atoms with Gasteiger partial charge in [-0.3, -0.25) is 14.4 Å². The molecule has 1 aromatic rings. The number of hydrogen-bond donors (Lipinski definition) is 2. The van der Waals surface area contributed by atoms with Crippen molar-refractivity contribution >= 4 is 17.9 Å². The van der Waals surface area contributed by atoms with Gasteiger partial charge >= 0.3 is 0 Å². The molecule has 174 valence electrons. The Morgan fingerprint density at radius 2 is 1.97 bits per heavy atom. The molecule has 0 aromatic carbocycles. The first-order valence-corrected chi connectivity index (χ1v) is 12.1. The number of nitrogens with zero attached hydrogens (tertiary/aromatic N) is 2. The highest BCUT2D eigenvalue weighted by Crippen LogP contribution is 2.49. The van der Waals surface area contributed by atoms with Crippen molar-refractivity contribution in [2.75, 3.05) is 13.2 Å². The van der Waals surface area contributed by atoms with Crippen LogP contribution in [0.15, 0.2) is 23.0 Å². The third kappa shape index (κ3) is 3.91. The van der Waals surface area contributed by atoms with Gasteiger partial charge in [0, 0.05) is 49.2 Å². The van der Waals surface area contributed by atoms with Gasteiger partial charge in [-0.25, -0.2) is 0 Å². The van der Waals surface area contributed by atoms with Crippen molar-refractivity contribution < 1.29 is 14.7 Å². The number of nitrogens with one attached hydrogen (secondary N) is 1. The summed E-state index contributed by atoms with van der Waals surface area (Å²) in [4.78, 5) is 41.1. The van der Waals surface area contributed by atoms with Gasteiger partial charge < -0.3 is 19.9 Å². The van der Waals surface area contributed by atoms with E-state index in [4.69, 9.17) is 0 Å². The molecule has 1 saturated heterocycles. The van der Waals surface area contributed by atoms with Gasteiger partial charge in [-0.2, -0.15) is 0 Å². The summed E-state index contributed by atoms with van der Waals surface area (Å²) < 4.78 is 1.72. The summed E-state index contributed by atoms with van der Waals surface area (Å²) in [5, 5.41) is 13.4. The first-order valence-electron chi connectivity index (χ1n) is 12.1. The molecular formula is C25H35N3O4. The number of hydrogen-bond acceptors (Lipinski definition) is 4. The minimum atomic E-state index is -0.704. The van der Waals surface area contributed by atoms with Crippen LogP contribution in [-0.2, 0) is 16.1 Å². The molecule has 2 aliphatic heterocycles. The van der Waals surface area contributed by atoms with Crippen molar-refractivity contribution in [1.29, 1.82) is 0 Å². The molecule has 0 bridgehead atoms. The molecule has 3 heterocycles. The Balaban J connectivity index is 1.64. The second-order valence-corrected chi connectivity index (χ2v) is 9.43. The quantitative estimate of drug-likeness (QED) is 0.710. The van der Waals surface area contributed by atoms with E-state index >= 15 is 0 Å². The fourth-order valence-electron chi connectivity index (χ4n) is 6.01. The Hall–Kier alpha value is -2.41. The maximum atomic E-state index is 13.3. The van der Waals surface area contributed by atoms with Gasteiger partial charge in [-0.05, 0) is 37.8 Å². The average molecular weight is 442 g/mol. The van der Waals surface area contributed by atoms with E-state index in [0.29, 0.717) is 24.6 Å². The highest BCUT2D eigenvalue weighted by Gasteiger charge is 2.56. The Kier molecular flexibility index (Phi) is 6.84. The van der Waals surface area contributed by atoms with Crippen LogP contribution in [0, 0.1) is 17.8 Å². The van der Waals surface area contributed by atoms with Crippen LogP contribution in [0.5, 0.6) is 0 Å². The number of likely N-dealkylation sites (tertiary alicyclic amines) is 1. The van der Waals surface area contributed by atoms with E-state index in [2.05, 4.69) is 5.32 Å². The largest absolute Gasteiger partial charge is 0.396 e. The van der Waals surface area contributed by atoms with E-state index in [9.17, 15) is 19.5 Å². The molecule has 1 aliphatic carbocycles. The van der Waals surface area contributed by atoms with E-state index < -0.39 is 12.0 Å². The van der Waals surface area contributed by atoms with Crippen LogP contribution >= 0.6 is 0 Å². The number of rotatable bonds is 6. The second-order valence-electron chi connectivity index (χ2n) is 9.43. The van der Waals surface area contributed by atoms with Crippen molar-refractivity contribution in [2.45, 2.75) is 71.0 Å². The predicted octanol–water partition coefficient (Wildman–Crippen LogP) is 2.48. The Morgan fingerprint density at radius 3 is 2.62 bits per heavy atom. The van der Waals surface area contributed by atoms with Gasteiger partial charge in [0.15, 0.2) is 0 Å². The molecule has 32 heavy (non-hydrogen) atoms. The maximum Gasteiger partial charge on any atom is 0.258 e. The summed E-state index contributed by atoms with van der Waals surface area (Å²) in [5.74, 6) is -0.362. The zero-order valence-electron chi connectivity index (χ0n) is 19.1. The number of carbonyl (C=O) groups is 2. The molecular weight excluding hydrogens is 406 g/mol. The lowest BCUT2D eigenvalue weighted by Crippen LogP contribution is -2.51. The van der Waals surface area contributed by atoms with Crippen LogP contribution < -0.4 is 10.9 Å². The molecule has 0 spiro atoms. The van der Waals surface area contributed by atoms with Crippen LogP contribution in [0.25, 0.3) is 6.08 Å². The van der Waals surface area contributed by atoms with Gasteiger partial charge in [0.05, 0.1) is 6.04 Å². The van der Waals surface area contributed by atoms with Crippen molar-refractivity contribution in [3.63, 3.8) is 0 Å². The smallest absolute Gasteiger partial charge is 0.258 e. The molecule has 4 atom stereocenters.